The molecule has 64 valence electrons. The lowest BCUT2D eigenvalue weighted by molar-refractivity contribution is -0.132. The zero-order valence-corrected chi connectivity index (χ0v) is 8.43. The molecule has 1 amide bonds. The SMILES string of the molecule is CCC(=O)N1CCCCC1Br. The summed E-state index contributed by atoms with van der Waals surface area (Å²) in [5.74, 6) is 0.270. The Labute approximate surface area is 76.1 Å². The van der Waals surface area contributed by atoms with Crippen LogP contribution in [-0.4, -0.2) is 22.3 Å². The third kappa shape index (κ3) is 2.19. The first kappa shape index (κ1) is 9.04. The molecule has 1 fully saturated rings. The highest BCUT2D eigenvalue weighted by Crippen LogP contribution is 2.21. The first-order chi connectivity index (χ1) is 5.25. The highest BCUT2D eigenvalue weighted by Gasteiger charge is 2.22. The molecule has 0 radical (unpaired) electrons. The molecule has 1 unspecified atom stereocenters. The van der Waals surface area contributed by atoms with Crippen LogP contribution in [0.5, 0.6) is 0 Å². The lowest BCUT2D eigenvalue weighted by Gasteiger charge is -2.31. The van der Waals surface area contributed by atoms with Gasteiger partial charge in [0, 0.05) is 13.0 Å². The van der Waals surface area contributed by atoms with Gasteiger partial charge in [-0.15, -0.1) is 0 Å². The van der Waals surface area contributed by atoms with Crippen LogP contribution in [0.3, 0.4) is 0 Å². The fraction of sp³-hybridized carbons (Fsp3) is 0.875. The van der Waals surface area contributed by atoms with Crippen molar-refractivity contribution < 1.29 is 4.79 Å². The largest absolute Gasteiger partial charge is 0.330 e. The smallest absolute Gasteiger partial charge is 0.223 e. The summed E-state index contributed by atoms with van der Waals surface area (Å²) in [4.78, 5) is 13.5. The minimum Gasteiger partial charge on any atom is -0.330 e. The summed E-state index contributed by atoms with van der Waals surface area (Å²) in [6.07, 6.45) is 4.13. The maximum absolute atomic E-state index is 11.3. The van der Waals surface area contributed by atoms with Crippen molar-refractivity contribution in [1.82, 2.24) is 4.90 Å². The number of piperidine rings is 1. The molecule has 11 heavy (non-hydrogen) atoms. The van der Waals surface area contributed by atoms with Gasteiger partial charge in [0.15, 0.2) is 0 Å². The lowest BCUT2D eigenvalue weighted by atomic mass is 10.1. The van der Waals surface area contributed by atoms with Crippen LogP contribution in [0.15, 0.2) is 0 Å². The van der Waals surface area contributed by atoms with Crippen LogP contribution in [0.25, 0.3) is 0 Å². The molecular formula is C8H14BrNO. The number of nitrogens with zero attached hydrogens (tertiary/aromatic N) is 1. The van der Waals surface area contributed by atoms with Crippen molar-refractivity contribution in [2.45, 2.75) is 37.6 Å². The Hall–Kier alpha value is -0.0500. The van der Waals surface area contributed by atoms with Gasteiger partial charge in [-0.1, -0.05) is 22.9 Å². The standard InChI is InChI=1S/C8H14BrNO/c1-2-8(11)10-6-4-3-5-7(10)9/h7H,2-6H2,1H3. The first-order valence-corrected chi connectivity index (χ1v) is 5.10. The summed E-state index contributed by atoms with van der Waals surface area (Å²) in [6.45, 7) is 2.85. The molecule has 1 rings (SSSR count). The number of carbonyl (C=O) groups is 1. The van der Waals surface area contributed by atoms with Crippen molar-refractivity contribution in [3.63, 3.8) is 0 Å². The van der Waals surface area contributed by atoms with Crippen LogP contribution < -0.4 is 0 Å². The van der Waals surface area contributed by atoms with Gasteiger partial charge in [-0.2, -0.15) is 0 Å². The van der Waals surface area contributed by atoms with E-state index in [2.05, 4.69) is 15.9 Å². The Morgan fingerprint density at radius 1 is 1.64 bits per heavy atom. The lowest BCUT2D eigenvalue weighted by Crippen LogP contribution is -2.39. The van der Waals surface area contributed by atoms with Gasteiger partial charge < -0.3 is 4.90 Å². The van der Waals surface area contributed by atoms with Crippen molar-refractivity contribution in [1.29, 1.82) is 0 Å². The Bertz CT molecular complexity index is 149. The van der Waals surface area contributed by atoms with Gasteiger partial charge in [0.1, 0.15) is 0 Å². The Morgan fingerprint density at radius 2 is 2.36 bits per heavy atom. The molecule has 0 aromatic carbocycles. The molecule has 0 aromatic heterocycles. The molecule has 1 heterocycles. The molecule has 0 aromatic rings. The average Bonchev–Trinajstić information content (AvgIpc) is 2.04. The average molecular weight is 220 g/mol. The van der Waals surface area contributed by atoms with Gasteiger partial charge in [0.05, 0.1) is 4.95 Å². The number of amides is 1. The van der Waals surface area contributed by atoms with Crippen LogP contribution in [-0.2, 0) is 4.79 Å². The second-order valence-corrected chi connectivity index (χ2v) is 3.93. The van der Waals surface area contributed by atoms with Crippen LogP contribution in [0, 0.1) is 0 Å². The van der Waals surface area contributed by atoms with E-state index in [-0.39, 0.29) is 5.91 Å². The molecule has 2 nitrogen and oxygen atoms in total. The highest BCUT2D eigenvalue weighted by molar-refractivity contribution is 9.09. The fourth-order valence-electron chi connectivity index (χ4n) is 1.37. The van der Waals surface area contributed by atoms with E-state index in [0.717, 1.165) is 19.4 Å². The third-order valence-electron chi connectivity index (χ3n) is 2.05. The number of rotatable bonds is 1. The van der Waals surface area contributed by atoms with E-state index in [9.17, 15) is 4.79 Å². The van der Waals surface area contributed by atoms with E-state index in [4.69, 9.17) is 0 Å². The van der Waals surface area contributed by atoms with Gasteiger partial charge in [-0.3, -0.25) is 4.79 Å². The molecule has 0 bridgehead atoms. The van der Waals surface area contributed by atoms with E-state index in [1.54, 1.807) is 0 Å². The summed E-state index contributed by atoms with van der Waals surface area (Å²) in [7, 11) is 0. The number of alkyl halides is 1. The normalized spacial score (nSPS) is 25.3. The molecule has 0 spiro atoms. The quantitative estimate of drug-likeness (QED) is 0.489. The molecule has 1 atom stereocenters. The maximum Gasteiger partial charge on any atom is 0.223 e. The minimum atomic E-state index is 0.270. The Balaban J connectivity index is 2.47. The molecule has 1 aliphatic rings. The molecule has 1 saturated heterocycles. The fourth-order valence-corrected chi connectivity index (χ4v) is 2.13. The summed E-state index contributed by atoms with van der Waals surface area (Å²) in [5.41, 5.74) is 0. The number of hydrogen-bond donors (Lipinski definition) is 0. The van der Waals surface area contributed by atoms with Gasteiger partial charge in [0.25, 0.3) is 0 Å². The van der Waals surface area contributed by atoms with Crippen molar-refractivity contribution in [2.75, 3.05) is 6.54 Å². The molecule has 3 heteroatoms. The van der Waals surface area contributed by atoms with Crippen molar-refractivity contribution in [2.24, 2.45) is 0 Å². The predicted molar refractivity (Wildman–Crippen MR) is 48.6 cm³/mol. The van der Waals surface area contributed by atoms with E-state index in [1.807, 2.05) is 11.8 Å². The Morgan fingerprint density at radius 3 is 2.91 bits per heavy atom. The predicted octanol–water partition coefficient (Wildman–Crippen LogP) is 2.13. The summed E-state index contributed by atoms with van der Waals surface area (Å²) in [5, 5.41) is 0. The second-order valence-electron chi connectivity index (χ2n) is 2.87. The van der Waals surface area contributed by atoms with Gasteiger partial charge in [-0.25, -0.2) is 0 Å². The Kier molecular flexibility index (Phi) is 3.37. The molecule has 1 aliphatic heterocycles. The molecule has 0 aliphatic carbocycles. The van der Waals surface area contributed by atoms with Crippen LogP contribution in [0.4, 0.5) is 0 Å². The van der Waals surface area contributed by atoms with E-state index in [1.165, 1.54) is 6.42 Å². The van der Waals surface area contributed by atoms with E-state index >= 15 is 0 Å². The van der Waals surface area contributed by atoms with Crippen molar-refractivity contribution in [3.05, 3.63) is 0 Å². The summed E-state index contributed by atoms with van der Waals surface area (Å²) < 4.78 is 0. The maximum atomic E-state index is 11.3. The van der Waals surface area contributed by atoms with Crippen LogP contribution in [0.1, 0.15) is 32.6 Å². The van der Waals surface area contributed by atoms with Crippen LogP contribution >= 0.6 is 15.9 Å². The first-order valence-electron chi connectivity index (χ1n) is 4.19. The topological polar surface area (TPSA) is 20.3 Å². The van der Waals surface area contributed by atoms with Gasteiger partial charge >= 0.3 is 0 Å². The minimum absolute atomic E-state index is 0.270. The van der Waals surface area contributed by atoms with Crippen molar-refractivity contribution in [3.8, 4) is 0 Å². The molecule has 0 saturated carbocycles. The van der Waals surface area contributed by atoms with Gasteiger partial charge in [-0.05, 0) is 19.3 Å². The van der Waals surface area contributed by atoms with E-state index < -0.39 is 0 Å². The number of hydrogen-bond acceptors (Lipinski definition) is 1. The zero-order chi connectivity index (χ0) is 8.27. The third-order valence-corrected chi connectivity index (χ3v) is 3.00. The van der Waals surface area contributed by atoms with Crippen LogP contribution in [0.2, 0.25) is 0 Å². The number of halogens is 1. The summed E-state index contributed by atoms with van der Waals surface area (Å²) in [6, 6.07) is 0. The number of likely N-dealkylation sites (tertiary alicyclic amines) is 1. The highest BCUT2D eigenvalue weighted by atomic mass is 79.9. The number of carbonyl (C=O) groups excluding carboxylic acids is 1. The monoisotopic (exact) mass is 219 g/mol. The molecule has 0 N–H and O–H groups in total. The van der Waals surface area contributed by atoms with Crippen molar-refractivity contribution >= 4 is 21.8 Å². The second kappa shape index (κ2) is 4.10. The molecular weight excluding hydrogens is 206 g/mol. The van der Waals surface area contributed by atoms with Gasteiger partial charge in [0.2, 0.25) is 5.91 Å². The zero-order valence-electron chi connectivity index (χ0n) is 6.85. The van der Waals surface area contributed by atoms with E-state index in [0.29, 0.717) is 11.4 Å². The summed E-state index contributed by atoms with van der Waals surface area (Å²) >= 11 is 3.50.